The summed E-state index contributed by atoms with van der Waals surface area (Å²) >= 11 is 1.64. The number of carbonyl (C=O) groups is 2. The lowest BCUT2D eigenvalue weighted by Crippen LogP contribution is -2.43. The fourth-order valence-corrected chi connectivity index (χ4v) is 5.13. The Labute approximate surface area is 191 Å². The first-order chi connectivity index (χ1) is 15.5. The highest BCUT2D eigenvalue weighted by Crippen LogP contribution is 2.27. The standard InChI is InChI=1S/C24H29N3O4S/c1-26-19-9-13-32-22(19)15-20(26)24(29)27-11-7-17(8-12-27)23(28)25-10-6-16-4-5-18(30-2)14-21(16)31-3/h4-5,9,13-15,17H,6-8,10-12H2,1-3H3,(H,25,28). The molecule has 1 aliphatic heterocycles. The summed E-state index contributed by atoms with van der Waals surface area (Å²) in [6, 6.07) is 9.70. The van der Waals surface area contributed by atoms with Crippen LogP contribution < -0.4 is 14.8 Å². The van der Waals surface area contributed by atoms with Crippen molar-refractivity contribution in [3.63, 3.8) is 0 Å². The number of benzene rings is 1. The second-order valence-corrected chi connectivity index (χ2v) is 8.99. The van der Waals surface area contributed by atoms with Gasteiger partial charge in [0.15, 0.2) is 0 Å². The summed E-state index contributed by atoms with van der Waals surface area (Å²) < 4.78 is 13.7. The number of hydrogen-bond acceptors (Lipinski definition) is 5. The highest BCUT2D eigenvalue weighted by Gasteiger charge is 2.29. The maximum absolute atomic E-state index is 13.0. The number of nitrogens with one attached hydrogen (secondary N) is 1. The molecule has 0 spiro atoms. The molecule has 8 heteroatoms. The van der Waals surface area contributed by atoms with Crippen molar-refractivity contribution in [2.24, 2.45) is 13.0 Å². The number of carbonyl (C=O) groups excluding carboxylic acids is 2. The van der Waals surface area contributed by atoms with Crippen LogP contribution in [0.2, 0.25) is 0 Å². The van der Waals surface area contributed by atoms with E-state index in [1.165, 1.54) is 0 Å². The third-order valence-electron chi connectivity index (χ3n) is 6.22. The van der Waals surface area contributed by atoms with Crippen molar-refractivity contribution >= 4 is 33.4 Å². The molecule has 3 heterocycles. The van der Waals surface area contributed by atoms with Crippen molar-refractivity contribution in [3.05, 3.63) is 47.0 Å². The molecule has 170 valence electrons. The average molecular weight is 456 g/mol. The molecule has 0 aliphatic carbocycles. The molecule has 4 rings (SSSR count). The Hall–Kier alpha value is -3.00. The van der Waals surface area contributed by atoms with E-state index in [-0.39, 0.29) is 17.7 Å². The predicted molar refractivity (Wildman–Crippen MR) is 126 cm³/mol. The van der Waals surface area contributed by atoms with Crippen molar-refractivity contribution in [1.82, 2.24) is 14.8 Å². The van der Waals surface area contributed by atoms with E-state index in [4.69, 9.17) is 9.47 Å². The minimum Gasteiger partial charge on any atom is -0.497 e. The van der Waals surface area contributed by atoms with Gasteiger partial charge in [-0.3, -0.25) is 9.59 Å². The highest BCUT2D eigenvalue weighted by atomic mass is 32.1. The Bertz CT molecular complexity index is 1110. The van der Waals surface area contributed by atoms with E-state index in [1.807, 2.05) is 52.2 Å². The van der Waals surface area contributed by atoms with Crippen LogP contribution in [0.25, 0.3) is 10.2 Å². The number of nitrogens with zero attached hydrogens (tertiary/aromatic N) is 2. The van der Waals surface area contributed by atoms with Gasteiger partial charge in [0.05, 0.1) is 24.4 Å². The Balaban J connectivity index is 1.27. The summed E-state index contributed by atoms with van der Waals surface area (Å²) in [6.45, 7) is 1.74. The van der Waals surface area contributed by atoms with Crippen molar-refractivity contribution < 1.29 is 19.1 Å². The first-order valence-electron chi connectivity index (χ1n) is 10.8. The minimum atomic E-state index is -0.0614. The zero-order chi connectivity index (χ0) is 22.7. The van der Waals surface area contributed by atoms with Crippen molar-refractivity contribution in [1.29, 1.82) is 0 Å². The van der Waals surface area contributed by atoms with Crippen molar-refractivity contribution in [2.75, 3.05) is 33.9 Å². The Morgan fingerprint density at radius 2 is 1.91 bits per heavy atom. The third kappa shape index (κ3) is 4.46. The molecular formula is C24H29N3O4S. The number of thiophene rings is 1. The summed E-state index contributed by atoms with van der Waals surface area (Å²) in [7, 11) is 5.18. The van der Waals surface area contributed by atoms with Crippen molar-refractivity contribution in [2.45, 2.75) is 19.3 Å². The predicted octanol–water partition coefficient (Wildman–Crippen LogP) is 3.47. The van der Waals surface area contributed by atoms with Crippen LogP contribution in [0.15, 0.2) is 35.7 Å². The van der Waals surface area contributed by atoms with Gasteiger partial charge in [0, 0.05) is 38.7 Å². The quantitative estimate of drug-likeness (QED) is 0.592. The minimum absolute atomic E-state index is 0.0429. The Morgan fingerprint density at radius 3 is 2.59 bits per heavy atom. The zero-order valence-electron chi connectivity index (χ0n) is 18.7. The molecule has 0 radical (unpaired) electrons. The number of rotatable bonds is 7. The third-order valence-corrected chi connectivity index (χ3v) is 7.08. The number of ether oxygens (including phenoxy) is 2. The lowest BCUT2D eigenvalue weighted by Gasteiger charge is -2.31. The SMILES string of the molecule is COc1ccc(CCNC(=O)C2CCN(C(=O)c3cc4sccc4n3C)CC2)c(OC)c1. The molecule has 0 atom stereocenters. The van der Waals surface area contributed by atoms with Gasteiger partial charge in [0.2, 0.25) is 5.91 Å². The molecule has 3 aromatic rings. The fraction of sp³-hybridized carbons (Fsp3) is 0.417. The van der Waals surface area contributed by atoms with Gasteiger partial charge in [-0.1, -0.05) is 6.07 Å². The van der Waals surface area contributed by atoms with Gasteiger partial charge in [0.25, 0.3) is 5.91 Å². The van der Waals surface area contributed by atoms with Crippen LogP contribution in [-0.2, 0) is 18.3 Å². The van der Waals surface area contributed by atoms with Gasteiger partial charge in [-0.05, 0) is 48.4 Å². The van der Waals surface area contributed by atoms with Gasteiger partial charge in [-0.15, -0.1) is 11.3 Å². The zero-order valence-corrected chi connectivity index (χ0v) is 19.5. The average Bonchev–Trinajstić information content (AvgIpc) is 3.41. The lowest BCUT2D eigenvalue weighted by molar-refractivity contribution is -0.126. The summed E-state index contributed by atoms with van der Waals surface area (Å²) in [5.41, 5.74) is 2.82. The second-order valence-electron chi connectivity index (χ2n) is 8.04. The number of methoxy groups -OCH3 is 2. The van der Waals surface area contributed by atoms with Gasteiger partial charge < -0.3 is 24.3 Å². The first kappa shape index (κ1) is 22.2. The molecular weight excluding hydrogens is 426 g/mol. The van der Waals surface area contributed by atoms with E-state index in [0.717, 1.165) is 27.3 Å². The van der Waals surface area contributed by atoms with E-state index < -0.39 is 0 Å². The van der Waals surface area contributed by atoms with Gasteiger partial charge in [0.1, 0.15) is 17.2 Å². The molecule has 7 nitrogen and oxygen atoms in total. The molecule has 1 fully saturated rings. The molecule has 2 aromatic heterocycles. The lowest BCUT2D eigenvalue weighted by atomic mass is 9.95. The molecule has 2 amide bonds. The number of fused-ring (bicyclic) bond motifs is 1. The number of piperidine rings is 1. The van der Waals surface area contributed by atoms with Crippen LogP contribution in [-0.4, -0.2) is 55.1 Å². The van der Waals surface area contributed by atoms with E-state index in [9.17, 15) is 9.59 Å². The number of amides is 2. The first-order valence-corrected chi connectivity index (χ1v) is 11.7. The molecule has 1 N–H and O–H groups in total. The van der Waals surface area contributed by atoms with Crippen LogP contribution in [0, 0.1) is 5.92 Å². The maximum atomic E-state index is 13.0. The second kappa shape index (κ2) is 9.65. The molecule has 0 unspecified atom stereocenters. The van der Waals surface area contributed by atoms with Crippen LogP contribution in [0.3, 0.4) is 0 Å². The van der Waals surface area contributed by atoms with Crippen LogP contribution >= 0.6 is 11.3 Å². The van der Waals surface area contributed by atoms with E-state index in [2.05, 4.69) is 5.32 Å². The maximum Gasteiger partial charge on any atom is 0.270 e. The Kier molecular flexibility index (Phi) is 6.69. The van der Waals surface area contributed by atoms with Crippen LogP contribution in [0.4, 0.5) is 0 Å². The van der Waals surface area contributed by atoms with E-state index >= 15 is 0 Å². The molecule has 1 aliphatic rings. The van der Waals surface area contributed by atoms with Gasteiger partial charge in [-0.2, -0.15) is 0 Å². The normalized spacial score (nSPS) is 14.5. The number of hydrogen-bond donors (Lipinski definition) is 1. The molecule has 0 saturated carbocycles. The topological polar surface area (TPSA) is 72.8 Å². The number of aryl methyl sites for hydroxylation is 1. The molecule has 1 aromatic carbocycles. The van der Waals surface area contributed by atoms with E-state index in [0.29, 0.717) is 44.6 Å². The number of aromatic nitrogens is 1. The van der Waals surface area contributed by atoms with Crippen LogP contribution in [0.5, 0.6) is 11.5 Å². The molecule has 0 bridgehead atoms. The van der Waals surface area contributed by atoms with E-state index in [1.54, 1.807) is 25.6 Å². The summed E-state index contributed by atoms with van der Waals surface area (Å²) in [5.74, 6) is 1.54. The molecule has 1 saturated heterocycles. The van der Waals surface area contributed by atoms with Crippen molar-refractivity contribution in [3.8, 4) is 11.5 Å². The fourth-order valence-electron chi connectivity index (χ4n) is 4.29. The summed E-state index contributed by atoms with van der Waals surface area (Å²) in [4.78, 5) is 27.5. The summed E-state index contributed by atoms with van der Waals surface area (Å²) in [6.07, 6.45) is 2.05. The number of likely N-dealkylation sites (tertiary alicyclic amines) is 1. The highest BCUT2D eigenvalue weighted by molar-refractivity contribution is 7.17. The van der Waals surface area contributed by atoms with Crippen LogP contribution in [0.1, 0.15) is 28.9 Å². The Morgan fingerprint density at radius 1 is 1.12 bits per heavy atom. The molecule has 32 heavy (non-hydrogen) atoms. The largest absolute Gasteiger partial charge is 0.497 e. The van der Waals surface area contributed by atoms with Gasteiger partial charge >= 0.3 is 0 Å². The smallest absolute Gasteiger partial charge is 0.270 e. The summed E-state index contributed by atoms with van der Waals surface area (Å²) in [5, 5.41) is 5.08. The monoisotopic (exact) mass is 455 g/mol. The van der Waals surface area contributed by atoms with Gasteiger partial charge in [-0.25, -0.2) is 0 Å².